The van der Waals surface area contributed by atoms with Crippen molar-refractivity contribution in [2.75, 3.05) is 0 Å². The van der Waals surface area contributed by atoms with Crippen LogP contribution in [-0.2, 0) is 0 Å². The first-order chi connectivity index (χ1) is 8.08. The third-order valence-electron chi connectivity index (χ3n) is 2.24. The van der Waals surface area contributed by atoms with Gasteiger partial charge in [-0.2, -0.15) is 0 Å². The molecule has 2 rings (SSSR count). The third-order valence-corrected chi connectivity index (χ3v) is 2.70. The lowest BCUT2D eigenvalue weighted by atomic mass is 10.0. The highest BCUT2D eigenvalue weighted by Crippen LogP contribution is 2.19. The minimum atomic E-state index is -0.613. The summed E-state index contributed by atoms with van der Waals surface area (Å²) in [6.07, 6.45) is 0. The minimum Gasteiger partial charge on any atom is -0.288 e. The quantitative estimate of drug-likeness (QED) is 0.767. The molecule has 0 amide bonds. The summed E-state index contributed by atoms with van der Waals surface area (Å²) in [6.45, 7) is 0. The van der Waals surface area contributed by atoms with E-state index in [2.05, 4.69) is 15.9 Å². The Bertz CT molecular complexity index is 561. The second-order valence-electron chi connectivity index (χ2n) is 3.47. The molecule has 86 valence electrons. The van der Waals surface area contributed by atoms with Gasteiger partial charge in [-0.25, -0.2) is 8.78 Å². The van der Waals surface area contributed by atoms with Gasteiger partial charge in [0, 0.05) is 10.0 Å². The number of hydrogen-bond acceptors (Lipinski definition) is 1. The lowest BCUT2D eigenvalue weighted by Crippen LogP contribution is -2.04. The summed E-state index contributed by atoms with van der Waals surface area (Å²) < 4.78 is 27.0. The molecule has 0 aliphatic heterocycles. The van der Waals surface area contributed by atoms with Gasteiger partial charge in [-0.3, -0.25) is 4.79 Å². The molecule has 0 saturated carbocycles. The zero-order valence-corrected chi connectivity index (χ0v) is 10.2. The SMILES string of the molecule is O=C(c1cc(F)cc(Br)c1)c1ccccc1F. The number of rotatable bonds is 2. The van der Waals surface area contributed by atoms with E-state index in [0.29, 0.717) is 4.47 Å². The zero-order valence-electron chi connectivity index (χ0n) is 8.58. The Balaban J connectivity index is 2.48. The van der Waals surface area contributed by atoms with Crippen LogP contribution < -0.4 is 0 Å². The Morgan fingerprint density at radius 2 is 1.76 bits per heavy atom. The molecule has 2 aromatic carbocycles. The molecular formula is C13H7BrF2O. The number of carbonyl (C=O) groups is 1. The van der Waals surface area contributed by atoms with Crippen LogP contribution in [0, 0.1) is 11.6 Å². The highest BCUT2D eigenvalue weighted by atomic mass is 79.9. The molecule has 0 aliphatic rings. The Labute approximate surface area is 105 Å². The van der Waals surface area contributed by atoms with Crippen molar-refractivity contribution in [3.63, 3.8) is 0 Å². The number of benzene rings is 2. The van der Waals surface area contributed by atoms with Crippen LogP contribution in [0.1, 0.15) is 15.9 Å². The van der Waals surface area contributed by atoms with Crippen molar-refractivity contribution in [2.45, 2.75) is 0 Å². The van der Waals surface area contributed by atoms with Crippen LogP contribution in [0.5, 0.6) is 0 Å². The normalized spacial score (nSPS) is 10.3. The number of ketones is 1. The molecule has 0 radical (unpaired) electrons. The second kappa shape index (κ2) is 4.75. The molecule has 0 atom stereocenters. The fourth-order valence-corrected chi connectivity index (χ4v) is 1.95. The van der Waals surface area contributed by atoms with Crippen LogP contribution in [0.4, 0.5) is 8.78 Å². The van der Waals surface area contributed by atoms with Gasteiger partial charge in [0.05, 0.1) is 5.56 Å². The van der Waals surface area contributed by atoms with Gasteiger partial charge in [-0.1, -0.05) is 28.1 Å². The molecule has 0 heterocycles. The highest BCUT2D eigenvalue weighted by Gasteiger charge is 2.14. The maximum absolute atomic E-state index is 13.4. The van der Waals surface area contributed by atoms with Gasteiger partial charge < -0.3 is 0 Å². The predicted molar refractivity (Wildman–Crippen MR) is 63.9 cm³/mol. The number of hydrogen-bond donors (Lipinski definition) is 0. The van der Waals surface area contributed by atoms with E-state index in [4.69, 9.17) is 0 Å². The van der Waals surface area contributed by atoms with E-state index in [1.807, 2.05) is 0 Å². The second-order valence-corrected chi connectivity index (χ2v) is 4.38. The number of carbonyl (C=O) groups excluding carboxylic acids is 1. The zero-order chi connectivity index (χ0) is 12.4. The third kappa shape index (κ3) is 2.58. The summed E-state index contributed by atoms with van der Waals surface area (Å²) in [5.41, 5.74) is 0.0481. The van der Waals surface area contributed by atoms with E-state index in [1.165, 1.54) is 30.3 Å². The van der Waals surface area contributed by atoms with Crippen LogP contribution >= 0.6 is 15.9 Å². The summed E-state index contributed by atoms with van der Waals surface area (Å²) in [4.78, 5) is 11.9. The van der Waals surface area contributed by atoms with Crippen LogP contribution in [-0.4, -0.2) is 5.78 Å². The Morgan fingerprint density at radius 1 is 1.06 bits per heavy atom. The molecule has 0 bridgehead atoms. The molecular weight excluding hydrogens is 290 g/mol. The largest absolute Gasteiger partial charge is 0.288 e. The standard InChI is InChI=1S/C13H7BrF2O/c14-9-5-8(6-10(15)7-9)13(17)11-3-1-2-4-12(11)16/h1-7H. The summed E-state index contributed by atoms with van der Waals surface area (Å²) in [7, 11) is 0. The minimum absolute atomic E-state index is 0.0648. The Morgan fingerprint density at radius 3 is 2.41 bits per heavy atom. The fraction of sp³-hybridized carbons (Fsp3) is 0. The topological polar surface area (TPSA) is 17.1 Å². The van der Waals surface area contributed by atoms with Crippen LogP contribution in [0.2, 0.25) is 0 Å². The van der Waals surface area contributed by atoms with Gasteiger partial charge in [0.2, 0.25) is 0 Å². The van der Waals surface area contributed by atoms with Crippen molar-refractivity contribution >= 4 is 21.7 Å². The summed E-state index contributed by atoms with van der Waals surface area (Å²) in [5, 5.41) is 0. The lowest BCUT2D eigenvalue weighted by Gasteiger charge is -2.03. The van der Waals surface area contributed by atoms with Crippen molar-refractivity contribution < 1.29 is 13.6 Å². The van der Waals surface area contributed by atoms with Crippen molar-refractivity contribution in [2.24, 2.45) is 0 Å². The van der Waals surface area contributed by atoms with E-state index >= 15 is 0 Å². The molecule has 17 heavy (non-hydrogen) atoms. The molecule has 4 heteroatoms. The van der Waals surface area contributed by atoms with Gasteiger partial charge in [0.1, 0.15) is 11.6 Å². The predicted octanol–water partition coefficient (Wildman–Crippen LogP) is 3.96. The summed E-state index contributed by atoms with van der Waals surface area (Å²) >= 11 is 3.09. The fourth-order valence-electron chi connectivity index (χ4n) is 1.49. The van der Waals surface area contributed by atoms with E-state index in [1.54, 1.807) is 6.07 Å². The molecule has 0 spiro atoms. The highest BCUT2D eigenvalue weighted by molar-refractivity contribution is 9.10. The first-order valence-electron chi connectivity index (χ1n) is 4.83. The van der Waals surface area contributed by atoms with E-state index < -0.39 is 17.4 Å². The molecule has 1 nitrogen and oxygen atoms in total. The Kier molecular flexibility index (Phi) is 3.33. The number of halogens is 3. The van der Waals surface area contributed by atoms with Crippen molar-refractivity contribution in [1.29, 1.82) is 0 Å². The van der Waals surface area contributed by atoms with Crippen LogP contribution in [0.25, 0.3) is 0 Å². The smallest absolute Gasteiger partial charge is 0.196 e. The molecule has 0 saturated heterocycles. The average Bonchev–Trinajstić information content (AvgIpc) is 2.27. The molecule has 0 aliphatic carbocycles. The van der Waals surface area contributed by atoms with E-state index in [-0.39, 0.29) is 11.1 Å². The Hall–Kier alpha value is -1.55. The lowest BCUT2D eigenvalue weighted by molar-refractivity contribution is 0.103. The maximum atomic E-state index is 13.4. The van der Waals surface area contributed by atoms with Crippen molar-refractivity contribution in [3.05, 3.63) is 69.7 Å². The summed E-state index contributed by atoms with van der Waals surface area (Å²) in [5.74, 6) is -1.69. The van der Waals surface area contributed by atoms with Crippen LogP contribution in [0.3, 0.4) is 0 Å². The molecule has 0 unspecified atom stereocenters. The average molecular weight is 297 g/mol. The molecule has 0 N–H and O–H groups in total. The molecule has 0 aromatic heterocycles. The van der Waals surface area contributed by atoms with Gasteiger partial charge in [0.15, 0.2) is 5.78 Å². The van der Waals surface area contributed by atoms with Gasteiger partial charge in [-0.15, -0.1) is 0 Å². The van der Waals surface area contributed by atoms with Gasteiger partial charge in [0.25, 0.3) is 0 Å². The monoisotopic (exact) mass is 296 g/mol. The van der Waals surface area contributed by atoms with Gasteiger partial charge in [-0.05, 0) is 30.3 Å². The first kappa shape index (κ1) is 11.9. The summed E-state index contributed by atoms with van der Waals surface area (Å²) in [6, 6.07) is 9.39. The van der Waals surface area contributed by atoms with Crippen molar-refractivity contribution in [1.82, 2.24) is 0 Å². The van der Waals surface area contributed by atoms with Gasteiger partial charge >= 0.3 is 0 Å². The van der Waals surface area contributed by atoms with Crippen molar-refractivity contribution in [3.8, 4) is 0 Å². The van der Waals surface area contributed by atoms with E-state index in [0.717, 1.165) is 6.07 Å². The van der Waals surface area contributed by atoms with E-state index in [9.17, 15) is 13.6 Å². The maximum Gasteiger partial charge on any atom is 0.196 e. The molecule has 0 fully saturated rings. The molecule has 2 aromatic rings. The first-order valence-corrected chi connectivity index (χ1v) is 5.62. The van der Waals surface area contributed by atoms with Crippen LogP contribution in [0.15, 0.2) is 46.9 Å².